The Hall–Kier alpha value is -3.88. The third-order valence-electron chi connectivity index (χ3n) is 12.4. The van der Waals surface area contributed by atoms with Crippen molar-refractivity contribution in [1.82, 2.24) is 4.98 Å². The minimum Gasteiger partial charge on any atom is -0.494 e. The van der Waals surface area contributed by atoms with E-state index in [1.807, 2.05) is 18.2 Å². The van der Waals surface area contributed by atoms with Crippen molar-refractivity contribution in [2.24, 2.45) is 11.8 Å². The lowest BCUT2D eigenvalue weighted by Crippen LogP contribution is -2.63. The standard InChI is InChI=1S/C42H50ClF3N2O8S/c1-26(25-56-36-13-19-47-35-10-5-7-27(2)37(35)36)21-30-22-29-11-12-33(55-20-14-28(3)57(51,52)53)24-34(29)40(30)15-17-41(18-16-40,39(50)54-4)48(38(49)42(44,45)46)32-9-6-8-31(43)23-32/h6,8-9,11-13,19,23-24,26-28,30H,5,7,10,14-18,20-22,25H2,1-4H3,(H,51,52,53)/t26-,27-,28?,30+,40?,41?/m1/s1. The number of nitrogens with zero attached hydrogens (tertiary/aromatic N) is 2. The molecule has 0 bridgehead atoms. The minimum atomic E-state index is -5.30. The van der Waals surface area contributed by atoms with Crippen LogP contribution < -0.4 is 14.4 Å². The van der Waals surface area contributed by atoms with Crippen molar-refractivity contribution in [1.29, 1.82) is 0 Å². The quantitative estimate of drug-likeness (QED) is 0.133. The SMILES string of the molecule is COC(=O)C1(N(C(=O)C(F)(F)F)c2cccc(Cl)c2)CCC2(CC1)c1cc(OCCC(C)S(=O)(=O)O)ccc1C[C@@H]2C[C@@H](C)COc1ccnc2c1[C@H](C)CCC2. The van der Waals surface area contributed by atoms with Crippen molar-refractivity contribution in [2.75, 3.05) is 25.2 Å². The van der Waals surface area contributed by atoms with Crippen LogP contribution >= 0.6 is 11.6 Å². The van der Waals surface area contributed by atoms with Crippen molar-refractivity contribution < 1.29 is 49.9 Å². The largest absolute Gasteiger partial charge is 0.494 e. The van der Waals surface area contributed by atoms with E-state index in [4.69, 9.17) is 25.8 Å². The first-order valence-electron chi connectivity index (χ1n) is 19.5. The molecular formula is C42H50ClF3N2O8S. The summed E-state index contributed by atoms with van der Waals surface area (Å²) in [6.45, 7) is 6.14. The second-order valence-corrected chi connectivity index (χ2v) is 18.4. The van der Waals surface area contributed by atoms with Gasteiger partial charge in [-0.15, -0.1) is 0 Å². The number of amides is 1. The molecule has 3 aromatic rings. The number of alkyl halides is 3. The Labute approximate surface area is 337 Å². The lowest BCUT2D eigenvalue weighted by molar-refractivity contribution is -0.174. The lowest BCUT2D eigenvalue weighted by atomic mass is 9.59. The molecular weight excluding hydrogens is 785 g/mol. The number of anilines is 1. The smallest absolute Gasteiger partial charge is 0.471 e. The highest BCUT2D eigenvalue weighted by molar-refractivity contribution is 7.86. The molecule has 4 atom stereocenters. The predicted molar refractivity (Wildman–Crippen MR) is 210 cm³/mol. The van der Waals surface area contributed by atoms with Crippen LogP contribution in [-0.2, 0) is 42.7 Å². The van der Waals surface area contributed by atoms with Crippen LogP contribution in [0.25, 0.3) is 0 Å². The van der Waals surface area contributed by atoms with Gasteiger partial charge in [-0.2, -0.15) is 21.6 Å². The normalized spacial score (nSPS) is 24.2. The minimum absolute atomic E-state index is 0.0141. The van der Waals surface area contributed by atoms with E-state index in [-0.39, 0.29) is 61.3 Å². The Kier molecular flexibility index (Phi) is 12.6. The van der Waals surface area contributed by atoms with Crippen LogP contribution in [0.5, 0.6) is 11.5 Å². The number of benzene rings is 2. The molecule has 1 N–H and O–H groups in total. The van der Waals surface area contributed by atoms with Crippen molar-refractivity contribution in [3.05, 3.63) is 82.1 Å². The van der Waals surface area contributed by atoms with Crippen LogP contribution in [0.3, 0.4) is 0 Å². The van der Waals surface area contributed by atoms with E-state index in [2.05, 4.69) is 18.8 Å². The molecule has 1 aromatic heterocycles. The van der Waals surface area contributed by atoms with E-state index < -0.39 is 44.4 Å². The van der Waals surface area contributed by atoms with Crippen LogP contribution in [0.1, 0.15) is 100 Å². The van der Waals surface area contributed by atoms with Crippen molar-refractivity contribution >= 4 is 39.3 Å². The van der Waals surface area contributed by atoms with Crippen LogP contribution in [0.2, 0.25) is 5.02 Å². The van der Waals surface area contributed by atoms with Crippen LogP contribution in [0.4, 0.5) is 18.9 Å². The summed E-state index contributed by atoms with van der Waals surface area (Å²) in [5, 5.41) is -0.931. The monoisotopic (exact) mass is 834 g/mol. The maximum atomic E-state index is 14.4. The predicted octanol–water partition coefficient (Wildman–Crippen LogP) is 8.82. The van der Waals surface area contributed by atoms with E-state index in [1.54, 1.807) is 12.3 Å². The molecule has 1 amide bonds. The van der Waals surface area contributed by atoms with Gasteiger partial charge in [-0.3, -0.25) is 19.2 Å². The molecule has 0 radical (unpaired) electrons. The molecule has 1 heterocycles. The number of rotatable bonds is 13. The Morgan fingerprint density at radius 3 is 2.47 bits per heavy atom. The third kappa shape index (κ3) is 8.78. The number of carbonyl (C=O) groups is 2. The molecule has 2 aromatic carbocycles. The van der Waals surface area contributed by atoms with Crippen LogP contribution in [-0.4, -0.2) is 67.1 Å². The van der Waals surface area contributed by atoms with Gasteiger partial charge in [0.15, 0.2) is 0 Å². The number of ether oxygens (including phenoxy) is 3. The Balaban J connectivity index is 1.33. The summed E-state index contributed by atoms with van der Waals surface area (Å²) in [6.07, 6.45) is 1.18. The fourth-order valence-corrected chi connectivity index (χ4v) is 10.00. The van der Waals surface area contributed by atoms with Gasteiger partial charge in [-0.05, 0) is 135 Å². The van der Waals surface area contributed by atoms with E-state index in [9.17, 15) is 35.7 Å². The van der Waals surface area contributed by atoms with Gasteiger partial charge >= 0.3 is 18.1 Å². The molecule has 3 aliphatic rings. The third-order valence-corrected chi connectivity index (χ3v) is 13.9. The highest BCUT2D eigenvalue weighted by Crippen LogP contribution is 2.58. The van der Waals surface area contributed by atoms with E-state index >= 15 is 0 Å². The zero-order valence-corrected chi connectivity index (χ0v) is 34.2. The number of aryl methyl sites for hydroxylation is 1. The fourth-order valence-electron chi connectivity index (χ4n) is 9.42. The molecule has 1 unspecified atom stereocenters. The average Bonchev–Trinajstić information content (AvgIpc) is 3.44. The van der Waals surface area contributed by atoms with Crippen LogP contribution in [0.15, 0.2) is 54.7 Å². The Morgan fingerprint density at radius 2 is 1.81 bits per heavy atom. The molecule has 6 rings (SSSR count). The summed E-state index contributed by atoms with van der Waals surface area (Å²) >= 11 is 6.22. The Bertz CT molecular complexity index is 2070. The molecule has 3 aliphatic carbocycles. The van der Waals surface area contributed by atoms with Crippen molar-refractivity contribution in [2.45, 2.75) is 113 Å². The van der Waals surface area contributed by atoms with Gasteiger partial charge in [-0.25, -0.2) is 4.79 Å². The fraction of sp³-hybridized carbons (Fsp3) is 0.548. The summed E-state index contributed by atoms with van der Waals surface area (Å²) in [7, 11) is -3.14. The number of hydrogen-bond acceptors (Lipinski definition) is 8. The second-order valence-electron chi connectivity index (χ2n) is 16.1. The van der Waals surface area contributed by atoms with Gasteiger partial charge < -0.3 is 14.2 Å². The van der Waals surface area contributed by atoms with Gasteiger partial charge in [0.25, 0.3) is 10.1 Å². The number of pyridine rings is 1. The second kappa shape index (κ2) is 16.8. The average molecular weight is 835 g/mol. The molecule has 0 aliphatic heterocycles. The lowest BCUT2D eigenvalue weighted by Gasteiger charge is -2.51. The summed E-state index contributed by atoms with van der Waals surface area (Å²) < 4.78 is 93.5. The van der Waals surface area contributed by atoms with Gasteiger partial charge in [0, 0.05) is 34.6 Å². The van der Waals surface area contributed by atoms with Gasteiger partial charge in [0.1, 0.15) is 17.0 Å². The van der Waals surface area contributed by atoms with Gasteiger partial charge in [-0.1, -0.05) is 37.6 Å². The summed E-state index contributed by atoms with van der Waals surface area (Å²) in [5.74, 6) is -1.45. The van der Waals surface area contributed by atoms with E-state index in [1.165, 1.54) is 31.2 Å². The number of carbonyl (C=O) groups excluding carboxylic acids is 2. The molecule has 15 heteroatoms. The number of esters is 1. The molecule has 1 fully saturated rings. The molecule has 10 nitrogen and oxygen atoms in total. The molecule has 1 saturated carbocycles. The van der Waals surface area contributed by atoms with Gasteiger partial charge in [0.2, 0.25) is 0 Å². The van der Waals surface area contributed by atoms with Crippen molar-refractivity contribution in [3.63, 3.8) is 0 Å². The first-order chi connectivity index (χ1) is 26.9. The molecule has 57 heavy (non-hydrogen) atoms. The Morgan fingerprint density at radius 1 is 1.07 bits per heavy atom. The topological polar surface area (TPSA) is 132 Å². The van der Waals surface area contributed by atoms with E-state index in [0.717, 1.165) is 54.5 Å². The summed E-state index contributed by atoms with van der Waals surface area (Å²) in [6, 6.07) is 13.0. The van der Waals surface area contributed by atoms with Crippen LogP contribution in [0, 0.1) is 11.8 Å². The highest BCUT2D eigenvalue weighted by atomic mass is 35.5. The first-order valence-corrected chi connectivity index (χ1v) is 21.4. The maximum absolute atomic E-state index is 14.4. The molecule has 0 saturated heterocycles. The highest BCUT2D eigenvalue weighted by Gasteiger charge is 2.60. The van der Waals surface area contributed by atoms with Gasteiger partial charge in [0.05, 0.1) is 25.6 Å². The van der Waals surface area contributed by atoms with Crippen molar-refractivity contribution in [3.8, 4) is 11.5 Å². The summed E-state index contributed by atoms with van der Waals surface area (Å²) in [4.78, 5) is 32.3. The van der Waals surface area contributed by atoms with E-state index in [0.29, 0.717) is 36.0 Å². The maximum Gasteiger partial charge on any atom is 0.471 e. The number of aromatic nitrogens is 1. The zero-order chi connectivity index (χ0) is 41.3. The molecule has 1 spiro atoms. The molecule has 310 valence electrons. The number of methoxy groups -OCH3 is 1. The summed E-state index contributed by atoms with van der Waals surface area (Å²) in [5.41, 5.74) is 1.41. The number of fused-ring (bicyclic) bond motifs is 3. The zero-order valence-electron chi connectivity index (χ0n) is 32.6. The number of hydrogen-bond donors (Lipinski definition) is 1. The number of halogens is 4. The first kappa shape index (κ1) is 42.7.